The summed E-state index contributed by atoms with van der Waals surface area (Å²) in [5, 5.41) is 3.16. The number of hydrogen-bond acceptors (Lipinski definition) is 6. The van der Waals surface area contributed by atoms with Crippen molar-refractivity contribution in [3.63, 3.8) is 0 Å². The maximum atomic E-state index is 12.5. The summed E-state index contributed by atoms with van der Waals surface area (Å²) in [6.45, 7) is 1.60. The topological polar surface area (TPSA) is 80.2 Å². The molecule has 0 radical (unpaired) electrons. The first kappa shape index (κ1) is 15.0. The lowest BCUT2D eigenvalue weighted by Crippen LogP contribution is -2.44. The average Bonchev–Trinajstić information content (AvgIpc) is 3.47. The van der Waals surface area contributed by atoms with Crippen LogP contribution < -0.4 is 5.32 Å². The second-order valence-electron chi connectivity index (χ2n) is 6.04. The van der Waals surface area contributed by atoms with Crippen LogP contribution in [0.3, 0.4) is 0 Å². The normalized spacial score (nSPS) is 20.7. The van der Waals surface area contributed by atoms with Crippen molar-refractivity contribution in [2.24, 2.45) is 5.92 Å². The number of rotatable bonds is 4. The third-order valence-corrected chi connectivity index (χ3v) is 4.23. The van der Waals surface area contributed by atoms with Gasteiger partial charge in [-0.1, -0.05) is 6.07 Å². The second kappa shape index (κ2) is 6.52. The molecule has 0 aromatic carbocycles. The van der Waals surface area contributed by atoms with Gasteiger partial charge in [0.15, 0.2) is 5.82 Å². The number of carbonyl (C=O) groups excluding carboxylic acids is 1. The van der Waals surface area contributed by atoms with E-state index >= 15 is 0 Å². The zero-order valence-electron chi connectivity index (χ0n) is 13.3. The van der Waals surface area contributed by atoms with Crippen LogP contribution in [-0.4, -0.2) is 45.5 Å². The lowest BCUT2D eigenvalue weighted by atomic mass is 10.2. The summed E-state index contributed by atoms with van der Waals surface area (Å²) in [7, 11) is 0. The molecular formula is C17H19N5O2. The van der Waals surface area contributed by atoms with E-state index in [1.54, 1.807) is 18.5 Å². The molecule has 0 bridgehead atoms. The molecule has 0 unspecified atom stereocenters. The number of nitrogens with one attached hydrogen (secondary N) is 1. The molecule has 124 valence electrons. The van der Waals surface area contributed by atoms with Gasteiger partial charge in [0.25, 0.3) is 0 Å². The Kier molecular flexibility index (Phi) is 4.08. The molecule has 1 saturated heterocycles. The first-order valence-electron chi connectivity index (χ1n) is 8.20. The molecule has 2 aliphatic rings. The number of nitrogens with zero attached hydrogens (tertiary/aromatic N) is 4. The molecule has 1 atom stereocenters. The van der Waals surface area contributed by atoms with E-state index in [9.17, 15) is 4.79 Å². The van der Waals surface area contributed by atoms with E-state index in [1.165, 1.54) is 0 Å². The van der Waals surface area contributed by atoms with Crippen molar-refractivity contribution in [2.75, 3.05) is 25.1 Å². The molecule has 7 heteroatoms. The van der Waals surface area contributed by atoms with E-state index in [-0.39, 0.29) is 17.9 Å². The first-order chi connectivity index (χ1) is 11.8. The molecule has 7 nitrogen and oxygen atoms in total. The number of pyridine rings is 1. The van der Waals surface area contributed by atoms with E-state index in [2.05, 4.69) is 20.3 Å². The minimum atomic E-state index is -0.225. The van der Waals surface area contributed by atoms with Gasteiger partial charge in [0.05, 0.1) is 13.2 Å². The molecule has 1 aliphatic carbocycles. The van der Waals surface area contributed by atoms with Crippen molar-refractivity contribution in [3.05, 3.63) is 42.5 Å². The smallest absolute Gasteiger partial charge is 0.226 e. The van der Waals surface area contributed by atoms with Gasteiger partial charge in [-0.25, -0.2) is 15.0 Å². The zero-order valence-corrected chi connectivity index (χ0v) is 13.3. The molecule has 1 saturated carbocycles. The van der Waals surface area contributed by atoms with E-state index in [4.69, 9.17) is 4.74 Å². The van der Waals surface area contributed by atoms with E-state index < -0.39 is 0 Å². The van der Waals surface area contributed by atoms with Gasteiger partial charge in [-0.2, -0.15) is 0 Å². The van der Waals surface area contributed by atoms with Crippen molar-refractivity contribution >= 4 is 17.5 Å². The third kappa shape index (κ3) is 3.21. The number of aromatic nitrogens is 3. The van der Waals surface area contributed by atoms with Gasteiger partial charge in [-0.3, -0.25) is 4.79 Å². The number of amides is 1. The van der Waals surface area contributed by atoms with Crippen LogP contribution in [0, 0.1) is 5.92 Å². The fraction of sp³-hybridized carbons (Fsp3) is 0.412. The standard InChI is InChI=1S/C17H19N5O2/c23-17(12-4-5-12)22-9-10-24-11-13(22)16-19-8-6-15(21-16)20-14-3-1-2-7-18-14/h1-3,6-8,12-13H,4-5,9-11H2,(H,18,19,20,21)/t13-/m0/s1. The molecule has 24 heavy (non-hydrogen) atoms. The van der Waals surface area contributed by atoms with E-state index in [0.29, 0.717) is 37.2 Å². The highest BCUT2D eigenvalue weighted by atomic mass is 16.5. The summed E-state index contributed by atoms with van der Waals surface area (Å²) in [5.41, 5.74) is 0. The number of morpholine rings is 1. The SMILES string of the molecule is O=C(C1CC1)N1CCOC[C@H]1c1nccc(Nc2ccccn2)n1. The highest BCUT2D eigenvalue weighted by Gasteiger charge is 2.39. The lowest BCUT2D eigenvalue weighted by Gasteiger charge is -2.34. The Morgan fingerprint density at radius 2 is 2.08 bits per heavy atom. The molecule has 2 fully saturated rings. The fourth-order valence-corrected chi connectivity index (χ4v) is 2.82. The zero-order chi connectivity index (χ0) is 16.4. The molecule has 1 amide bonds. The van der Waals surface area contributed by atoms with Crippen LogP contribution in [0.25, 0.3) is 0 Å². The Bertz CT molecular complexity index is 720. The van der Waals surface area contributed by atoms with Crippen LogP contribution in [0.2, 0.25) is 0 Å². The molecule has 3 heterocycles. The van der Waals surface area contributed by atoms with Gasteiger partial charge in [0.1, 0.15) is 17.7 Å². The maximum Gasteiger partial charge on any atom is 0.226 e. The monoisotopic (exact) mass is 325 g/mol. The van der Waals surface area contributed by atoms with Crippen LogP contribution in [0.4, 0.5) is 11.6 Å². The van der Waals surface area contributed by atoms with Crippen LogP contribution >= 0.6 is 0 Å². The second-order valence-corrected chi connectivity index (χ2v) is 6.04. The molecule has 0 spiro atoms. The largest absolute Gasteiger partial charge is 0.377 e. The Hall–Kier alpha value is -2.54. The molecule has 2 aromatic rings. The number of hydrogen-bond donors (Lipinski definition) is 1. The van der Waals surface area contributed by atoms with Gasteiger partial charge in [-0.05, 0) is 31.0 Å². The molecule has 4 rings (SSSR count). The summed E-state index contributed by atoms with van der Waals surface area (Å²) >= 11 is 0. The van der Waals surface area contributed by atoms with Gasteiger partial charge in [0, 0.05) is 24.9 Å². The first-order valence-corrected chi connectivity index (χ1v) is 8.20. The van der Waals surface area contributed by atoms with Gasteiger partial charge >= 0.3 is 0 Å². The van der Waals surface area contributed by atoms with Gasteiger partial charge < -0.3 is 15.0 Å². The average molecular weight is 325 g/mol. The van der Waals surface area contributed by atoms with Crippen molar-refractivity contribution in [1.82, 2.24) is 19.9 Å². The Morgan fingerprint density at radius 3 is 2.88 bits per heavy atom. The van der Waals surface area contributed by atoms with Crippen LogP contribution in [-0.2, 0) is 9.53 Å². The fourth-order valence-electron chi connectivity index (χ4n) is 2.82. The van der Waals surface area contributed by atoms with Crippen molar-refractivity contribution < 1.29 is 9.53 Å². The Labute approximate surface area is 140 Å². The molecule has 1 N–H and O–H groups in total. The number of carbonyl (C=O) groups is 1. The number of ether oxygens (including phenoxy) is 1. The van der Waals surface area contributed by atoms with Gasteiger partial charge in [-0.15, -0.1) is 0 Å². The van der Waals surface area contributed by atoms with Crippen molar-refractivity contribution in [1.29, 1.82) is 0 Å². The maximum absolute atomic E-state index is 12.5. The van der Waals surface area contributed by atoms with E-state index in [0.717, 1.165) is 12.8 Å². The Morgan fingerprint density at radius 1 is 1.17 bits per heavy atom. The lowest BCUT2D eigenvalue weighted by molar-refractivity contribution is -0.141. The highest BCUT2D eigenvalue weighted by Crippen LogP contribution is 2.34. The van der Waals surface area contributed by atoms with Crippen LogP contribution in [0.15, 0.2) is 36.7 Å². The minimum Gasteiger partial charge on any atom is -0.377 e. The highest BCUT2D eigenvalue weighted by molar-refractivity contribution is 5.81. The molecule has 2 aromatic heterocycles. The summed E-state index contributed by atoms with van der Waals surface area (Å²) in [4.78, 5) is 27.6. The van der Waals surface area contributed by atoms with Crippen molar-refractivity contribution in [2.45, 2.75) is 18.9 Å². The van der Waals surface area contributed by atoms with Crippen molar-refractivity contribution in [3.8, 4) is 0 Å². The summed E-state index contributed by atoms with van der Waals surface area (Å²) < 4.78 is 5.57. The summed E-state index contributed by atoms with van der Waals surface area (Å²) in [6.07, 6.45) is 5.40. The molecule has 1 aliphatic heterocycles. The van der Waals surface area contributed by atoms with E-state index in [1.807, 2.05) is 23.1 Å². The summed E-state index contributed by atoms with van der Waals surface area (Å²) in [5.74, 6) is 2.36. The minimum absolute atomic E-state index is 0.181. The predicted octanol–water partition coefficient (Wildman–Crippen LogP) is 1.93. The van der Waals surface area contributed by atoms with Crippen LogP contribution in [0.5, 0.6) is 0 Å². The predicted molar refractivity (Wildman–Crippen MR) is 87.5 cm³/mol. The van der Waals surface area contributed by atoms with Crippen LogP contribution in [0.1, 0.15) is 24.7 Å². The number of anilines is 2. The summed E-state index contributed by atoms with van der Waals surface area (Å²) in [6, 6.07) is 7.20. The quantitative estimate of drug-likeness (QED) is 0.925. The third-order valence-electron chi connectivity index (χ3n) is 4.23. The Balaban J connectivity index is 1.55. The molecular weight excluding hydrogens is 306 g/mol. The van der Waals surface area contributed by atoms with Gasteiger partial charge in [0.2, 0.25) is 5.91 Å².